The zero-order chi connectivity index (χ0) is 17.5. The number of carbonyl (C=O) groups is 1. The highest BCUT2D eigenvalue weighted by molar-refractivity contribution is 6.07. The summed E-state index contributed by atoms with van der Waals surface area (Å²) in [6.45, 7) is 0. The van der Waals surface area contributed by atoms with Gasteiger partial charge in [0, 0.05) is 17.3 Å². The van der Waals surface area contributed by atoms with E-state index in [0.717, 1.165) is 5.56 Å². The largest absolute Gasteiger partial charge is 0.507 e. The number of allylic oxidation sites excluding steroid dienone is 1. The van der Waals surface area contributed by atoms with Crippen LogP contribution in [-0.2, 0) is 0 Å². The second kappa shape index (κ2) is 7.88. The van der Waals surface area contributed by atoms with E-state index >= 15 is 0 Å². The van der Waals surface area contributed by atoms with Gasteiger partial charge in [-0.05, 0) is 35.9 Å². The second-order valence-electron chi connectivity index (χ2n) is 5.48. The molecule has 3 aromatic carbocycles. The Kier molecular flexibility index (Phi) is 5.17. The van der Waals surface area contributed by atoms with Gasteiger partial charge in [0.15, 0.2) is 5.78 Å². The summed E-state index contributed by atoms with van der Waals surface area (Å²) in [6, 6.07) is 23.7. The van der Waals surface area contributed by atoms with Crippen LogP contribution in [-0.4, -0.2) is 17.1 Å². The highest BCUT2D eigenvalue weighted by atomic mass is 16.3. The summed E-state index contributed by atoms with van der Waals surface area (Å²) in [7, 11) is 0. The predicted octanol–water partition coefficient (Wildman–Crippen LogP) is 5.04. The third-order valence-corrected chi connectivity index (χ3v) is 3.65. The van der Waals surface area contributed by atoms with E-state index in [-0.39, 0.29) is 11.5 Å². The first-order valence-electron chi connectivity index (χ1n) is 7.92. The normalized spacial score (nSPS) is 11.2. The van der Waals surface area contributed by atoms with Crippen molar-refractivity contribution >= 4 is 23.8 Å². The molecule has 0 heterocycles. The Hall–Kier alpha value is -3.46. The minimum absolute atomic E-state index is 0.0801. The van der Waals surface area contributed by atoms with Crippen molar-refractivity contribution in [3.05, 3.63) is 102 Å². The van der Waals surface area contributed by atoms with Crippen molar-refractivity contribution in [1.29, 1.82) is 0 Å². The van der Waals surface area contributed by atoms with Crippen molar-refractivity contribution in [2.75, 3.05) is 0 Å². The molecule has 25 heavy (non-hydrogen) atoms. The van der Waals surface area contributed by atoms with Gasteiger partial charge >= 0.3 is 0 Å². The van der Waals surface area contributed by atoms with E-state index in [1.54, 1.807) is 54.8 Å². The fraction of sp³-hybridized carbons (Fsp3) is 0. The molecule has 0 saturated carbocycles. The maximum atomic E-state index is 12.3. The van der Waals surface area contributed by atoms with Crippen LogP contribution in [0.4, 0.5) is 5.69 Å². The zero-order valence-electron chi connectivity index (χ0n) is 13.5. The number of benzene rings is 3. The van der Waals surface area contributed by atoms with Crippen molar-refractivity contribution < 1.29 is 9.90 Å². The van der Waals surface area contributed by atoms with E-state index < -0.39 is 0 Å². The summed E-state index contributed by atoms with van der Waals surface area (Å²) >= 11 is 0. The monoisotopic (exact) mass is 327 g/mol. The number of aliphatic imine (C=N–C) groups is 1. The number of ketones is 1. The van der Waals surface area contributed by atoms with E-state index in [0.29, 0.717) is 16.8 Å². The van der Waals surface area contributed by atoms with Gasteiger partial charge in [0.2, 0.25) is 0 Å². The first kappa shape index (κ1) is 16.4. The van der Waals surface area contributed by atoms with Crippen LogP contribution in [0.25, 0.3) is 6.08 Å². The van der Waals surface area contributed by atoms with Gasteiger partial charge in [-0.25, -0.2) is 0 Å². The molecule has 0 aromatic heterocycles. The topological polar surface area (TPSA) is 49.7 Å². The number of hydrogen-bond acceptors (Lipinski definition) is 3. The number of phenols is 1. The van der Waals surface area contributed by atoms with Crippen LogP contribution in [0, 0.1) is 0 Å². The van der Waals surface area contributed by atoms with Gasteiger partial charge in [-0.15, -0.1) is 0 Å². The van der Waals surface area contributed by atoms with Crippen LogP contribution in [0.15, 0.2) is 89.9 Å². The van der Waals surface area contributed by atoms with Crippen LogP contribution in [0.3, 0.4) is 0 Å². The van der Waals surface area contributed by atoms with Crippen molar-refractivity contribution in [1.82, 2.24) is 0 Å². The predicted molar refractivity (Wildman–Crippen MR) is 102 cm³/mol. The molecule has 0 aliphatic carbocycles. The first-order valence-corrected chi connectivity index (χ1v) is 7.92. The second-order valence-corrected chi connectivity index (χ2v) is 5.48. The molecule has 0 fully saturated rings. The molecule has 0 saturated heterocycles. The van der Waals surface area contributed by atoms with Crippen LogP contribution < -0.4 is 0 Å². The molecule has 3 nitrogen and oxygen atoms in total. The van der Waals surface area contributed by atoms with E-state index in [1.807, 2.05) is 42.5 Å². The molecule has 0 bridgehead atoms. The van der Waals surface area contributed by atoms with E-state index in [2.05, 4.69) is 4.99 Å². The number of para-hydroxylation sites is 1. The molecular formula is C22H17NO2. The fourth-order valence-electron chi connectivity index (χ4n) is 2.31. The number of nitrogens with zero attached hydrogens (tertiary/aromatic N) is 1. The lowest BCUT2D eigenvalue weighted by Gasteiger charge is -2.00. The molecule has 3 rings (SSSR count). The highest BCUT2D eigenvalue weighted by Gasteiger charge is 2.03. The third-order valence-electron chi connectivity index (χ3n) is 3.65. The lowest BCUT2D eigenvalue weighted by Crippen LogP contribution is -1.93. The smallest absolute Gasteiger partial charge is 0.185 e. The Labute approximate surface area is 146 Å². The zero-order valence-corrected chi connectivity index (χ0v) is 13.5. The van der Waals surface area contributed by atoms with Crippen LogP contribution in [0.1, 0.15) is 21.5 Å². The molecule has 0 unspecified atom stereocenters. The average molecular weight is 327 g/mol. The maximum Gasteiger partial charge on any atom is 0.185 e. The maximum absolute atomic E-state index is 12.3. The summed E-state index contributed by atoms with van der Waals surface area (Å²) in [5.74, 6) is 0.0905. The van der Waals surface area contributed by atoms with E-state index in [1.165, 1.54) is 0 Å². The minimum Gasteiger partial charge on any atom is -0.507 e. The standard InChI is InChI=1S/C22H17NO2/c24-21-12-5-4-9-19(21)16-23-20-11-6-10-18(15-20)22(25)14-13-17-7-2-1-3-8-17/h1-16,24H/b14-13+,23-16?. The van der Waals surface area contributed by atoms with Gasteiger partial charge in [0.05, 0.1) is 5.69 Å². The number of carbonyl (C=O) groups excluding carboxylic acids is 1. The lowest BCUT2D eigenvalue weighted by molar-refractivity contribution is 0.104. The summed E-state index contributed by atoms with van der Waals surface area (Å²) in [4.78, 5) is 16.7. The van der Waals surface area contributed by atoms with Gasteiger partial charge in [-0.3, -0.25) is 9.79 Å². The van der Waals surface area contributed by atoms with Crippen LogP contribution >= 0.6 is 0 Å². The van der Waals surface area contributed by atoms with Crippen LogP contribution in [0.2, 0.25) is 0 Å². The number of aromatic hydroxyl groups is 1. The Morgan fingerprint density at radius 2 is 1.64 bits per heavy atom. The molecule has 0 amide bonds. The van der Waals surface area contributed by atoms with Crippen molar-refractivity contribution in [2.45, 2.75) is 0 Å². The third kappa shape index (κ3) is 4.52. The summed E-state index contributed by atoms with van der Waals surface area (Å²) in [5, 5.41) is 9.76. The van der Waals surface area contributed by atoms with Crippen LogP contribution in [0.5, 0.6) is 5.75 Å². The molecule has 0 spiro atoms. The number of hydrogen-bond donors (Lipinski definition) is 1. The molecule has 1 N–H and O–H groups in total. The number of phenolic OH excluding ortho intramolecular Hbond substituents is 1. The quantitative estimate of drug-likeness (QED) is 0.405. The molecule has 0 atom stereocenters. The van der Waals surface area contributed by atoms with E-state index in [9.17, 15) is 9.90 Å². The summed E-state index contributed by atoms with van der Waals surface area (Å²) in [6.07, 6.45) is 4.93. The average Bonchev–Trinajstić information content (AvgIpc) is 2.66. The SMILES string of the molecule is O=C(/C=C/c1ccccc1)c1cccc(N=Cc2ccccc2O)c1. The highest BCUT2D eigenvalue weighted by Crippen LogP contribution is 2.18. The molecule has 0 aliphatic rings. The van der Waals surface area contributed by atoms with Crippen molar-refractivity contribution in [3.8, 4) is 5.75 Å². The van der Waals surface area contributed by atoms with Gasteiger partial charge in [0.25, 0.3) is 0 Å². The Balaban J connectivity index is 1.76. The molecule has 0 aliphatic heterocycles. The molecular weight excluding hydrogens is 310 g/mol. The summed E-state index contributed by atoms with van der Waals surface area (Å²) < 4.78 is 0. The lowest BCUT2D eigenvalue weighted by atomic mass is 10.1. The Morgan fingerprint density at radius 3 is 2.44 bits per heavy atom. The van der Waals surface area contributed by atoms with Crippen molar-refractivity contribution in [2.24, 2.45) is 4.99 Å². The van der Waals surface area contributed by atoms with Gasteiger partial charge < -0.3 is 5.11 Å². The Morgan fingerprint density at radius 1 is 0.880 bits per heavy atom. The molecule has 0 radical (unpaired) electrons. The Bertz CT molecular complexity index is 928. The van der Waals surface area contributed by atoms with Gasteiger partial charge in [-0.1, -0.05) is 60.7 Å². The van der Waals surface area contributed by atoms with E-state index in [4.69, 9.17) is 0 Å². The molecule has 122 valence electrons. The number of rotatable bonds is 5. The van der Waals surface area contributed by atoms with Gasteiger partial charge in [0.1, 0.15) is 5.75 Å². The molecule has 3 aromatic rings. The van der Waals surface area contributed by atoms with Gasteiger partial charge in [-0.2, -0.15) is 0 Å². The first-order chi connectivity index (χ1) is 12.2. The molecule has 3 heteroatoms. The fourth-order valence-corrected chi connectivity index (χ4v) is 2.31. The minimum atomic E-state index is -0.0801. The van der Waals surface area contributed by atoms with Crippen molar-refractivity contribution in [3.63, 3.8) is 0 Å². The summed E-state index contributed by atoms with van der Waals surface area (Å²) in [5.41, 5.74) is 2.83.